The van der Waals surface area contributed by atoms with Crippen molar-refractivity contribution in [3.8, 4) is 0 Å². The van der Waals surface area contributed by atoms with Gasteiger partial charge in [-0.15, -0.1) is 0 Å². The number of hydrogen-bond donors (Lipinski definition) is 2. The van der Waals surface area contributed by atoms with E-state index >= 15 is 0 Å². The average Bonchev–Trinajstić information content (AvgIpc) is 1.59. The van der Waals surface area contributed by atoms with E-state index in [4.69, 9.17) is 5.21 Å². The zero-order chi connectivity index (χ0) is 6.62. The minimum atomic E-state index is 0. The van der Waals surface area contributed by atoms with Crippen LogP contribution in [0, 0.1) is 5.41 Å². The first-order valence-electron chi connectivity index (χ1n) is 3.02. The molecule has 0 atom stereocenters. The SMILES string of the molecule is CC(C)(C)CC[NH2+]O.[Cl-]. The van der Waals surface area contributed by atoms with Gasteiger partial charge in [-0.3, -0.25) is 0 Å². The molecule has 0 radical (unpaired) electrons. The molecule has 58 valence electrons. The minimum Gasteiger partial charge on any atom is -1.00 e. The molecule has 0 aliphatic heterocycles. The monoisotopic (exact) mass is 153 g/mol. The number of rotatable bonds is 2. The molecular formula is C6H16ClNO. The van der Waals surface area contributed by atoms with Gasteiger partial charge >= 0.3 is 0 Å². The summed E-state index contributed by atoms with van der Waals surface area (Å²) < 4.78 is 0. The Hall–Kier alpha value is 0.210. The standard InChI is InChI=1S/C6H15NO.ClH/c1-6(2,3)4-5-7-8;/h7-8H,4-5H2,1-3H3;1H. The van der Waals surface area contributed by atoms with E-state index in [1.165, 1.54) is 5.48 Å². The van der Waals surface area contributed by atoms with Crippen molar-refractivity contribution in [2.45, 2.75) is 27.2 Å². The number of hydrogen-bond acceptors (Lipinski definition) is 1. The molecule has 0 heterocycles. The molecule has 3 N–H and O–H groups in total. The summed E-state index contributed by atoms with van der Waals surface area (Å²) in [7, 11) is 0. The summed E-state index contributed by atoms with van der Waals surface area (Å²) in [4.78, 5) is 0. The second-order valence-electron chi connectivity index (χ2n) is 3.28. The van der Waals surface area contributed by atoms with E-state index in [-0.39, 0.29) is 12.4 Å². The summed E-state index contributed by atoms with van der Waals surface area (Å²) in [6.07, 6.45) is 1.06. The summed E-state index contributed by atoms with van der Waals surface area (Å²) in [5.74, 6) is 0. The maximum atomic E-state index is 8.30. The Balaban J connectivity index is 0. The molecule has 0 aliphatic rings. The van der Waals surface area contributed by atoms with Crippen LogP contribution in [0.5, 0.6) is 0 Å². The minimum absolute atomic E-state index is 0. The van der Waals surface area contributed by atoms with E-state index in [0.29, 0.717) is 5.41 Å². The quantitative estimate of drug-likeness (QED) is 0.419. The first kappa shape index (κ1) is 11.9. The maximum absolute atomic E-state index is 8.30. The summed E-state index contributed by atoms with van der Waals surface area (Å²) in [6.45, 7) is 7.30. The van der Waals surface area contributed by atoms with Crippen molar-refractivity contribution in [3.05, 3.63) is 0 Å². The molecule has 0 amide bonds. The van der Waals surface area contributed by atoms with Crippen LogP contribution in [-0.2, 0) is 0 Å². The molecule has 0 fully saturated rings. The van der Waals surface area contributed by atoms with Crippen molar-refractivity contribution >= 4 is 0 Å². The third kappa shape index (κ3) is 11.7. The molecule has 0 aromatic heterocycles. The molecule has 3 heteroatoms. The van der Waals surface area contributed by atoms with Gasteiger partial charge in [-0.1, -0.05) is 20.8 Å². The third-order valence-corrected chi connectivity index (χ3v) is 1.02. The lowest BCUT2D eigenvalue weighted by Crippen LogP contribution is -3.00. The first-order valence-corrected chi connectivity index (χ1v) is 3.02. The van der Waals surface area contributed by atoms with Gasteiger partial charge in [0.1, 0.15) is 6.54 Å². The number of halogens is 1. The van der Waals surface area contributed by atoms with Gasteiger partial charge in [0.25, 0.3) is 0 Å². The number of quaternary nitrogens is 1. The highest BCUT2D eigenvalue weighted by molar-refractivity contribution is 4.58. The molecule has 9 heavy (non-hydrogen) atoms. The van der Waals surface area contributed by atoms with Crippen molar-refractivity contribution in [1.29, 1.82) is 0 Å². The zero-order valence-electron chi connectivity index (χ0n) is 6.32. The van der Waals surface area contributed by atoms with Crippen molar-refractivity contribution in [1.82, 2.24) is 0 Å². The summed E-state index contributed by atoms with van der Waals surface area (Å²) in [5, 5.41) is 8.30. The van der Waals surface area contributed by atoms with Crippen molar-refractivity contribution < 1.29 is 23.1 Å². The van der Waals surface area contributed by atoms with Gasteiger partial charge in [-0.25, -0.2) is 10.7 Å². The molecule has 0 aromatic carbocycles. The Bertz CT molecular complexity index is 60.6. The molecule has 0 unspecified atom stereocenters. The van der Waals surface area contributed by atoms with Crippen LogP contribution < -0.4 is 17.9 Å². The van der Waals surface area contributed by atoms with Gasteiger partial charge in [-0.05, 0) is 5.41 Å². The molecule has 0 rings (SSSR count). The fourth-order valence-electron chi connectivity index (χ4n) is 0.498. The van der Waals surface area contributed by atoms with E-state index in [9.17, 15) is 0 Å². The lowest BCUT2D eigenvalue weighted by Gasteiger charge is -2.14. The Kier molecular flexibility index (Phi) is 6.68. The molecule has 2 nitrogen and oxygen atoms in total. The normalized spacial score (nSPS) is 10.7. The summed E-state index contributed by atoms with van der Waals surface area (Å²) in [5.41, 5.74) is 1.59. The summed E-state index contributed by atoms with van der Waals surface area (Å²) >= 11 is 0. The average molecular weight is 154 g/mol. The second kappa shape index (κ2) is 5.03. The van der Waals surface area contributed by atoms with Crippen molar-refractivity contribution in [2.24, 2.45) is 5.41 Å². The highest BCUT2D eigenvalue weighted by Gasteiger charge is 2.09. The second-order valence-corrected chi connectivity index (χ2v) is 3.28. The number of nitrogens with two attached hydrogens (primary N) is 1. The Morgan fingerprint density at radius 3 is 1.89 bits per heavy atom. The van der Waals surface area contributed by atoms with Crippen LogP contribution in [0.4, 0.5) is 0 Å². The van der Waals surface area contributed by atoms with Crippen LogP contribution in [0.2, 0.25) is 0 Å². The van der Waals surface area contributed by atoms with Crippen LogP contribution in [-0.4, -0.2) is 11.8 Å². The van der Waals surface area contributed by atoms with E-state index in [2.05, 4.69) is 20.8 Å². The van der Waals surface area contributed by atoms with Gasteiger partial charge < -0.3 is 12.4 Å². The molecule has 0 aromatic rings. The van der Waals surface area contributed by atoms with Gasteiger partial charge in [0.15, 0.2) is 0 Å². The maximum Gasteiger partial charge on any atom is 0.106 e. The molecule has 0 spiro atoms. The Morgan fingerprint density at radius 2 is 1.78 bits per heavy atom. The van der Waals surface area contributed by atoms with Crippen LogP contribution in [0.15, 0.2) is 0 Å². The Labute approximate surface area is 63.0 Å². The van der Waals surface area contributed by atoms with Crippen LogP contribution in [0.3, 0.4) is 0 Å². The van der Waals surface area contributed by atoms with E-state index < -0.39 is 0 Å². The highest BCUT2D eigenvalue weighted by atomic mass is 35.5. The lowest BCUT2D eigenvalue weighted by atomic mass is 9.93. The van der Waals surface area contributed by atoms with Gasteiger partial charge in [-0.2, -0.15) is 0 Å². The molecule has 0 bridgehead atoms. The van der Waals surface area contributed by atoms with E-state index in [1.54, 1.807) is 0 Å². The Morgan fingerprint density at radius 1 is 1.33 bits per heavy atom. The van der Waals surface area contributed by atoms with E-state index in [0.717, 1.165) is 13.0 Å². The fourth-order valence-corrected chi connectivity index (χ4v) is 0.498. The fraction of sp³-hybridized carbons (Fsp3) is 1.00. The van der Waals surface area contributed by atoms with Crippen molar-refractivity contribution in [2.75, 3.05) is 6.54 Å². The van der Waals surface area contributed by atoms with E-state index in [1.807, 2.05) is 0 Å². The molecule has 0 aliphatic carbocycles. The summed E-state index contributed by atoms with van der Waals surface area (Å²) in [6, 6.07) is 0. The molecule has 0 saturated heterocycles. The molecular weight excluding hydrogens is 138 g/mol. The van der Waals surface area contributed by atoms with Crippen molar-refractivity contribution in [3.63, 3.8) is 0 Å². The first-order chi connectivity index (χ1) is 3.56. The lowest BCUT2D eigenvalue weighted by molar-refractivity contribution is -0.887. The van der Waals surface area contributed by atoms with Crippen LogP contribution in [0.1, 0.15) is 27.2 Å². The topological polar surface area (TPSA) is 36.8 Å². The van der Waals surface area contributed by atoms with Gasteiger partial charge in [0, 0.05) is 6.42 Å². The largest absolute Gasteiger partial charge is 1.00 e. The van der Waals surface area contributed by atoms with Crippen LogP contribution >= 0.6 is 0 Å². The third-order valence-electron chi connectivity index (χ3n) is 1.02. The highest BCUT2D eigenvalue weighted by Crippen LogP contribution is 2.15. The predicted octanol–water partition coefficient (Wildman–Crippen LogP) is -2.62. The van der Waals surface area contributed by atoms with Crippen LogP contribution in [0.25, 0.3) is 0 Å². The zero-order valence-corrected chi connectivity index (χ0v) is 7.07. The van der Waals surface area contributed by atoms with Gasteiger partial charge in [0.05, 0.1) is 0 Å². The predicted molar refractivity (Wildman–Crippen MR) is 32.7 cm³/mol. The number of hydroxylamine groups is 1. The smallest absolute Gasteiger partial charge is 0.106 e. The molecule has 0 saturated carbocycles. The van der Waals surface area contributed by atoms with Gasteiger partial charge in [0.2, 0.25) is 0 Å².